The van der Waals surface area contributed by atoms with Gasteiger partial charge < -0.3 is 4.57 Å². The molecule has 8 aromatic carbocycles. The molecule has 55 heavy (non-hydrogen) atoms. The van der Waals surface area contributed by atoms with Crippen LogP contribution in [-0.4, -0.2) is 14.5 Å². The van der Waals surface area contributed by atoms with E-state index >= 15 is 4.57 Å². The predicted molar refractivity (Wildman–Crippen MR) is 229 cm³/mol. The third kappa shape index (κ3) is 4.89. The maximum absolute atomic E-state index is 15.7. The summed E-state index contributed by atoms with van der Waals surface area (Å²) in [4.78, 5) is 10.5. The highest BCUT2D eigenvalue weighted by atomic mass is 31.2. The van der Waals surface area contributed by atoms with Gasteiger partial charge in [-0.2, -0.15) is 0 Å². The molecule has 0 amide bonds. The molecule has 258 valence electrons. The molecule has 0 N–H and O–H groups in total. The van der Waals surface area contributed by atoms with Crippen LogP contribution in [0.15, 0.2) is 194 Å². The highest BCUT2D eigenvalue weighted by molar-refractivity contribution is 7.86. The monoisotopic (exact) mass is 721 g/mol. The van der Waals surface area contributed by atoms with Gasteiger partial charge in [0.2, 0.25) is 0 Å². The standard InChI is InChI=1S/C50H32N3OP/c54-55(38-19-8-3-9-20-38)46-23-13-12-22-40(46)41-30-45-42(31-47(41)55)49-39-21-11-10-16-35(39)28-29-44(49)53(45)48-32-43(51-50(52-48)37-17-6-2-7-18-37)36-26-24-34(25-27-36)33-14-4-1-5-15-33/h1-32H. The van der Waals surface area contributed by atoms with E-state index in [2.05, 4.69) is 126 Å². The molecule has 1 aliphatic heterocycles. The van der Waals surface area contributed by atoms with Crippen LogP contribution in [0, 0.1) is 0 Å². The molecule has 4 nitrogen and oxygen atoms in total. The van der Waals surface area contributed by atoms with Gasteiger partial charge in [0.1, 0.15) is 5.82 Å². The second-order valence-corrected chi connectivity index (χ2v) is 16.8. The van der Waals surface area contributed by atoms with E-state index in [9.17, 15) is 0 Å². The zero-order chi connectivity index (χ0) is 36.5. The summed E-state index contributed by atoms with van der Waals surface area (Å²) in [5.74, 6) is 1.42. The summed E-state index contributed by atoms with van der Waals surface area (Å²) < 4.78 is 17.9. The van der Waals surface area contributed by atoms with E-state index in [1.807, 2.05) is 72.8 Å². The maximum Gasteiger partial charge on any atom is 0.172 e. The zero-order valence-corrected chi connectivity index (χ0v) is 30.6. The number of aromatic nitrogens is 3. The molecule has 11 rings (SSSR count). The van der Waals surface area contributed by atoms with E-state index in [4.69, 9.17) is 9.97 Å². The summed E-state index contributed by atoms with van der Waals surface area (Å²) in [5, 5.41) is 7.06. The lowest BCUT2D eigenvalue weighted by Gasteiger charge is -2.16. The summed E-state index contributed by atoms with van der Waals surface area (Å²) in [6.07, 6.45) is 0. The molecule has 2 aromatic heterocycles. The smallest absolute Gasteiger partial charge is 0.172 e. The van der Waals surface area contributed by atoms with Gasteiger partial charge in [-0.1, -0.05) is 170 Å². The third-order valence-corrected chi connectivity index (χ3v) is 14.2. The number of fused-ring (bicyclic) bond motifs is 8. The molecule has 5 heteroatoms. The van der Waals surface area contributed by atoms with Gasteiger partial charge in [-0.15, -0.1) is 0 Å². The van der Waals surface area contributed by atoms with Gasteiger partial charge in [0, 0.05) is 43.9 Å². The molecular formula is C50H32N3OP. The molecule has 0 spiro atoms. The van der Waals surface area contributed by atoms with Crippen molar-refractivity contribution in [2.75, 3.05) is 0 Å². The SMILES string of the molecule is O=P1(c2ccccc2)c2ccccc2-c2cc3c(cc21)c1c2ccccc2ccc1n3-c1cc(-c2ccc(-c3ccccc3)cc2)nc(-c2ccccc2)n1. The molecule has 10 aromatic rings. The lowest BCUT2D eigenvalue weighted by atomic mass is 10.0. The molecule has 0 bridgehead atoms. The largest absolute Gasteiger partial charge is 0.309 e. The van der Waals surface area contributed by atoms with Crippen LogP contribution < -0.4 is 15.9 Å². The number of hydrogen-bond donors (Lipinski definition) is 0. The van der Waals surface area contributed by atoms with E-state index in [-0.39, 0.29) is 0 Å². The Morgan fingerprint density at radius 2 is 1.07 bits per heavy atom. The Kier molecular flexibility index (Phi) is 7.10. The number of hydrogen-bond acceptors (Lipinski definition) is 3. The number of nitrogens with zero attached hydrogens (tertiary/aromatic N) is 3. The zero-order valence-electron chi connectivity index (χ0n) is 29.7. The van der Waals surface area contributed by atoms with Gasteiger partial charge in [0.05, 0.1) is 16.7 Å². The highest BCUT2D eigenvalue weighted by Gasteiger charge is 2.41. The first kappa shape index (κ1) is 31.6. The van der Waals surface area contributed by atoms with E-state index in [1.54, 1.807) is 0 Å². The Labute approximate surface area is 318 Å². The van der Waals surface area contributed by atoms with E-state index in [1.165, 1.54) is 5.56 Å². The first-order valence-corrected chi connectivity index (χ1v) is 20.2. The topological polar surface area (TPSA) is 47.8 Å². The fraction of sp³-hybridized carbons (Fsp3) is 0. The second-order valence-electron chi connectivity index (χ2n) is 14.1. The lowest BCUT2D eigenvalue weighted by Crippen LogP contribution is -2.20. The molecule has 0 aliphatic carbocycles. The minimum absolute atomic E-state index is 0.649. The van der Waals surface area contributed by atoms with Crippen molar-refractivity contribution in [3.05, 3.63) is 194 Å². The Morgan fingerprint density at radius 3 is 1.85 bits per heavy atom. The fourth-order valence-electron chi connectivity index (χ4n) is 8.44. The van der Waals surface area contributed by atoms with Crippen molar-refractivity contribution in [2.45, 2.75) is 0 Å². The minimum Gasteiger partial charge on any atom is -0.309 e. The van der Waals surface area contributed by atoms with Crippen molar-refractivity contribution in [1.29, 1.82) is 0 Å². The average molecular weight is 722 g/mol. The lowest BCUT2D eigenvalue weighted by molar-refractivity contribution is 0.593. The van der Waals surface area contributed by atoms with Gasteiger partial charge >= 0.3 is 0 Å². The van der Waals surface area contributed by atoms with Crippen molar-refractivity contribution in [2.24, 2.45) is 0 Å². The first-order valence-electron chi connectivity index (χ1n) is 18.5. The van der Waals surface area contributed by atoms with E-state index in [0.29, 0.717) is 5.82 Å². The first-order chi connectivity index (χ1) is 27.1. The van der Waals surface area contributed by atoms with Crippen LogP contribution in [0.25, 0.3) is 83.3 Å². The maximum atomic E-state index is 15.7. The molecule has 1 aliphatic rings. The molecule has 0 saturated heterocycles. The van der Waals surface area contributed by atoms with Crippen molar-refractivity contribution in [3.63, 3.8) is 0 Å². The number of benzene rings is 8. The van der Waals surface area contributed by atoms with E-state index < -0.39 is 7.14 Å². The molecule has 1 atom stereocenters. The van der Waals surface area contributed by atoms with Gasteiger partial charge in [-0.05, 0) is 51.2 Å². The number of rotatable bonds is 5. The van der Waals surface area contributed by atoms with Crippen LogP contribution in [0.4, 0.5) is 0 Å². The molecule has 0 radical (unpaired) electrons. The molecule has 3 heterocycles. The van der Waals surface area contributed by atoms with Crippen LogP contribution in [0.5, 0.6) is 0 Å². The van der Waals surface area contributed by atoms with Crippen molar-refractivity contribution in [1.82, 2.24) is 14.5 Å². The normalized spacial score (nSPS) is 14.7. The second kappa shape index (κ2) is 12.3. The minimum atomic E-state index is -3.16. The van der Waals surface area contributed by atoms with E-state index in [0.717, 1.165) is 87.8 Å². The Morgan fingerprint density at radius 1 is 0.436 bits per heavy atom. The quantitative estimate of drug-likeness (QED) is 0.166. The van der Waals surface area contributed by atoms with Crippen LogP contribution >= 0.6 is 7.14 Å². The summed E-state index contributed by atoms with van der Waals surface area (Å²) in [7, 11) is -3.16. The predicted octanol–water partition coefficient (Wildman–Crippen LogP) is 11.3. The fourth-order valence-corrected chi connectivity index (χ4v) is 11.5. The van der Waals surface area contributed by atoms with Crippen molar-refractivity contribution in [3.8, 4) is 50.7 Å². The van der Waals surface area contributed by atoms with Crippen LogP contribution in [0.1, 0.15) is 0 Å². The molecule has 1 unspecified atom stereocenters. The molecule has 0 fully saturated rings. The molecular weight excluding hydrogens is 690 g/mol. The highest BCUT2D eigenvalue weighted by Crippen LogP contribution is 2.53. The average Bonchev–Trinajstić information content (AvgIpc) is 3.73. The van der Waals surface area contributed by atoms with Crippen LogP contribution in [0.3, 0.4) is 0 Å². The Bertz CT molecular complexity index is 3160. The van der Waals surface area contributed by atoms with Crippen LogP contribution in [-0.2, 0) is 4.57 Å². The van der Waals surface area contributed by atoms with Gasteiger partial charge in [-0.3, -0.25) is 4.57 Å². The third-order valence-electron chi connectivity index (χ3n) is 11.0. The molecule has 0 saturated carbocycles. The summed E-state index contributed by atoms with van der Waals surface area (Å²) in [6, 6.07) is 66.9. The summed E-state index contributed by atoms with van der Waals surface area (Å²) in [5.41, 5.74) is 9.15. The Balaban J connectivity index is 1.22. The van der Waals surface area contributed by atoms with Crippen molar-refractivity contribution < 1.29 is 4.57 Å². The summed E-state index contributed by atoms with van der Waals surface area (Å²) >= 11 is 0. The summed E-state index contributed by atoms with van der Waals surface area (Å²) in [6.45, 7) is 0. The van der Waals surface area contributed by atoms with Gasteiger partial charge in [0.25, 0.3) is 0 Å². The van der Waals surface area contributed by atoms with Gasteiger partial charge in [-0.25, -0.2) is 9.97 Å². The van der Waals surface area contributed by atoms with Gasteiger partial charge in [0.15, 0.2) is 13.0 Å². The van der Waals surface area contributed by atoms with Crippen molar-refractivity contribution >= 4 is 55.6 Å². The van der Waals surface area contributed by atoms with Crippen LogP contribution in [0.2, 0.25) is 0 Å². The Hall–Kier alpha value is -6.87.